The van der Waals surface area contributed by atoms with E-state index in [1.165, 1.54) is 11.3 Å². The van der Waals surface area contributed by atoms with Crippen LogP contribution in [0, 0.1) is 6.92 Å². The molecule has 0 atom stereocenters. The van der Waals surface area contributed by atoms with Crippen molar-refractivity contribution in [3.63, 3.8) is 0 Å². The first kappa shape index (κ1) is 16.5. The molecule has 0 spiro atoms. The number of nitrogens with zero attached hydrogens (tertiary/aromatic N) is 2. The summed E-state index contributed by atoms with van der Waals surface area (Å²) in [7, 11) is 4.04. The molecule has 0 aliphatic heterocycles. The summed E-state index contributed by atoms with van der Waals surface area (Å²) in [6.45, 7) is 3.65. The van der Waals surface area contributed by atoms with Crippen molar-refractivity contribution in [2.45, 2.75) is 13.3 Å². The van der Waals surface area contributed by atoms with Gasteiger partial charge in [-0.05, 0) is 45.6 Å². The number of hydrogen-bond donors (Lipinski definition) is 2. The number of anilines is 2. The normalized spacial score (nSPS) is 10.7. The molecule has 0 unspecified atom stereocenters. The van der Waals surface area contributed by atoms with Gasteiger partial charge in [0.2, 0.25) is 0 Å². The number of aromatic nitrogens is 1. The van der Waals surface area contributed by atoms with Gasteiger partial charge in [0, 0.05) is 17.6 Å². The molecule has 2 rings (SSSR count). The maximum atomic E-state index is 12.0. The summed E-state index contributed by atoms with van der Waals surface area (Å²) in [4.78, 5) is 18.5. The van der Waals surface area contributed by atoms with Crippen LogP contribution in [0.3, 0.4) is 0 Å². The summed E-state index contributed by atoms with van der Waals surface area (Å²) < 4.78 is 0. The van der Waals surface area contributed by atoms with Crippen molar-refractivity contribution < 1.29 is 4.79 Å². The topological polar surface area (TPSA) is 57.3 Å². The average molecular weight is 318 g/mol. The maximum absolute atomic E-state index is 12.0. The Bertz CT molecular complexity index is 624. The zero-order valence-corrected chi connectivity index (χ0v) is 14.0. The Morgan fingerprint density at radius 3 is 2.82 bits per heavy atom. The molecule has 0 bridgehead atoms. The molecule has 0 aliphatic carbocycles. The van der Waals surface area contributed by atoms with Crippen LogP contribution in [0.5, 0.6) is 0 Å². The van der Waals surface area contributed by atoms with Gasteiger partial charge in [-0.1, -0.05) is 18.2 Å². The van der Waals surface area contributed by atoms with Gasteiger partial charge in [0.05, 0.1) is 0 Å². The SMILES string of the molecule is Cc1ccccc1Nc1nc(C(=O)NCCCN(C)C)cs1. The van der Waals surface area contributed by atoms with Gasteiger partial charge in [-0.2, -0.15) is 0 Å². The quantitative estimate of drug-likeness (QED) is 0.771. The van der Waals surface area contributed by atoms with E-state index in [4.69, 9.17) is 0 Å². The Labute approximate surface area is 135 Å². The summed E-state index contributed by atoms with van der Waals surface area (Å²) in [5, 5.41) is 8.65. The summed E-state index contributed by atoms with van der Waals surface area (Å²) in [6.07, 6.45) is 0.928. The summed E-state index contributed by atoms with van der Waals surface area (Å²) in [5.41, 5.74) is 2.62. The van der Waals surface area contributed by atoms with E-state index in [1.807, 2.05) is 45.3 Å². The molecule has 0 radical (unpaired) electrons. The van der Waals surface area contributed by atoms with E-state index in [2.05, 4.69) is 20.5 Å². The molecular formula is C16H22N4OS. The highest BCUT2D eigenvalue weighted by Gasteiger charge is 2.10. The van der Waals surface area contributed by atoms with Crippen molar-refractivity contribution in [3.8, 4) is 0 Å². The van der Waals surface area contributed by atoms with E-state index in [-0.39, 0.29) is 5.91 Å². The minimum Gasteiger partial charge on any atom is -0.351 e. The number of carbonyl (C=O) groups is 1. The van der Waals surface area contributed by atoms with Crippen molar-refractivity contribution in [3.05, 3.63) is 40.9 Å². The van der Waals surface area contributed by atoms with Crippen LogP contribution in [0.1, 0.15) is 22.5 Å². The molecule has 1 amide bonds. The number of rotatable bonds is 7. The standard InChI is InChI=1S/C16H22N4OS/c1-12-7-4-5-8-13(12)18-16-19-14(11-22-16)15(21)17-9-6-10-20(2)3/h4-5,7-8,11H,6,9-10H2,1-3H3,(H,17,21)(H,18,19). The molecule has 1 aromatic carbocycles. The molecule has 1 aromatic heterocycles. The fraction of sp³-hybridized carbons (Fsp3) is 0.375. The fourth-order valence-electron chi connectivity index (χ4n) is 1.95. The Kier molecular flexibility index (Phi) is 5.91. The second-order valence-electron chi connectivity index (χ2n) is 5.39. The van der Waals surface area contributed by atoms with Crippen LogP contribution in [0.2, 0.25) is 0 Å². The van der Waals surface area contributed by atoms with Crippen LogP contribution in [-0.4, -0.2) is 43.0 Å². The molecule has 0 aliphatic rings. The lowest BCUT2D eigenvalue weighted by Crippen LogP contribution is -2.27. The predicted octanol–water partition coefficient (Wildman–Crippen LogP) is 2.88. The zero-order valence-electron chi connectivity index (χ0n) is 13.2. The molecule has 6 heteroatoms. The molecule has 22 heavy (non-hydrogen) atoms. The molecule has 2 N–H and O–H groups in total. The smallest absolute Gasteiger partial charge is 0.270 e. The monoisotopic (exact) mass is 318 g/mol. The highest BCUT2D eigenvalue weighted by atomic mass is 32.1. The van der Waals surface area contributed by atoms with Gasteiger partial charge in [-0.25, -0.2) is 4.98 Å². The maximum Gasteiger partial charge on any atom is 0.270 e. The van der Waals surface area contributed by atoms with Gasteiger partial charge >= 0.3 is 0 Å². The Balaban J connectivity index is 1.88. The third-order valence-electron chi connectivity index (χ3n) is 3.19. The van der Waals surface area contributed by atoms with Gasteiger partial charge in [0.1, 0.15) is 5.69 Å². The van der Waals surface area contributed by atoms with Gasteiger partial charge in [-0.3, -0.25) is 4.79 Å². The minimum atomic E-state index is -0.118. The summed E-state index contributed by atoms with van der Waals surface area (Å²) in [5.74, 6) is -0.118. The van der Waals surface area contributed by atoms with Crippen LogP contribution >= 0.6 is 11.3 Å². The Morgan fingerprint density at radius 2 is 2.09 bits per heavy atom. The van der Waals surface area contributed by atoms with Crippen molar-refractivity contribution in [2.24, 2.45) is 0 Å². The number of nitrogens with one attached hydrogen (secondary N) is 2. The lowest BCUT2D eigenvalue weighted by molar-refractivity contribution is 0.0948. The fourth-order valence-corrected chi connectivity index (χ4v) is 2.65. The zero-order chi connectivity index (χ0) is 15.9. The number of benzene rings is 1. The van der Waals surface area contributed by atoms with Crippen LogP contribution in [0.15, 0.2) is 29.6 Å². The van der Waals surface area contributed by atoms with E-state index >= 15 is 0 Å². The largest absolute Gasteiger partial charge is 0.351 e. The lowest BCUT2D eigenvalue weighted by Gasteiger charge is -2.09. The molecule has 0 saturated heterocycles. The van der Waals surface area contributed by atoms with Gasteiger partial charge in [0.15, 0.2) is 5.13 Å². The average Bonchev–Trinajstić information content (AvgIpc) is 2.94. The number of para-hydroxylation sites is 1. The van der Waals surface area contributed by atoms with Crippen molar-refractivity contribution >= 4 is 28.1 Å². The summed E-state index contributed by atoms with van der Waals surface area (Å²) >= 11 is 1.43. The first-order valence-corrected chi connectivity index (χ1v) is 8.15. The van der Waals surface area contributed by atoms with Crippen molar-refractivity contribution in [1.29, 1.82) is 0 Å². The number of hydrogen-bond acceptors (Lipinski definition) is 5. The molecule has 2 aromatic rings. The third-order valence-corrected chi connectivity index (χ3v) is 3.95. The lowest BCUT2D eigenvalue weighted by atomic mass is 10.2. The Morgan fingerprint density at radius 1 is 1.32 bits per heavy atom. The third kappa shape index (κ3) is 4.82. The number of thiazole rings is 1. The second kappa shape index (κ2) is 7.91. The first-order valence-electron chi connectivity index (χ1n) is 7.27. The predicted molar refractivity (Wildman–Crippen MR) is 92.1 cm³/mol. The number of aryl methyl sites for hydroxylation is 1. The highest BCUT2D eigenvalue weighted by molar-refractivity contribution is 7.14. The Hall–Kier alpha value is -1.92. The molecule has 0 saturated carbocycles. The molecule has 118 valence electrons. The number of carbonyl (C=O) groups excluding carboxylic acids is 1. The van der Waals surface area contributed by atoms with Crippen LogP contribution in [0.25, 0.3) is 0 Å². The minimum absolute atomic E-state index is 0.118. The van der Waals surface area contributed by atoms with E-state index in [0.29, 0.717) is 12.2 Å². The first-order chi connectivity index (χ1) is 10.6. The van der Waals surface area contributed by atoms with Crippen molar-refractivity contribution in [1.82, 2.24) is 15.2 Å². The van der Waals surface area contributed by atoms with Crippen LogP contribution in [-0.2, 0) is 0 Å². The van der Waals surface area contributed by atoms with Gasteiger partial charge in [-0.15, -0.1) is 11.3 Å². The van der Waals surface area contributed by atoms with Crippen LogP contribution in [0.4, 0.5) is 10.8 Å². The van der Waals surface area contributed by atoms with E-state index in [1.54, 1.807) is 5.38 Å². The molecule has 0 fully saturated rings. The van der Waals surface area contributed by atoms with Crippen molar-refractivity contribution in [2.75, 3.05) is 32.5 Å². The molecule has 1 heterocycles. The highest BCUT2D eigenvalue weighted by Crippen LogP contribution is 2.23. The summed E-state index contributed by atoms with van der Waals surface area (Å²) in [6, 6.07) is 8.00. The van der Waals surface area contributed by atoms with E-state index in [0.717, 1.165) is 29.3 Å². The van der Waals surface area contributed by atoms with Gasteiger partial charge in [0.25, 0.3) is 5.91 Å². The van der Waals surface area contributed by atoms with E-state index in [9.17, 15) is 4.79 Å². The van der Waals surface area contributed by atoms with Crippen LogP contribution < -0.4 is 10.6 Å². The van der Waals surface area contributed by atoms with E-state index < -0.39 is 0 Å². The molecular weight excluding hydrogens is 296 g/mol. The number of amides is 1. The van der Waals surface area contributed by atoms with Gasteiger partial charge < -0.3 is 15.5 Å². The second-order valence-corrected chi connectivity index (χ2v) is 6.25. The molecule has 5 nitrogen and oxygen atoms in total.